The van der Waals surface area contributed by atoms with Gasteiger partial charge < -0.3 is 27.5 Å². The molecule has 0 amide bonds. The van der Waals surface area contributed by atoms with Crippen molar-refractivity contribution in [2.75, 3.05) is 0 Å². The largest absolute Gasteiger partial charge is 2.00 e. The molecule has 10 aromatic rings. The van der Waals surface area contributed by atoms with Crippen LogP contribution in [0.1, 0.15) is 19.5 Å². The van der Waals surface area contributed by atoms with Gasteiger partial charge in [0.05, 0.1) is 32.5 Å². The Morgan fingerprint density at radius 1 is 0.507 bits per heavy atom. The number of hydrogen-bond donors (Lipinski definition) is 0. The molecule has 0 aliphatic rings. The molecule has 71 heavy (non-hydrogen) atoms. The van der Waals surface area contributed by atoms with Crippen molar-refractivity contribution in [3.05, 3.63) is 159 Å². The van der Waals surface area contributed by atoms with Gasteiger partial charge in [0.2, 0.25) is 0 Å². The van der Waals surface area contributed by atoms with Gasteiger partial charge in [0.25, 0.3) is 12.9 Å². The molecule has 10 heterocycles. The molecule has 10 rings (SSSR count). The summed E-state index contributed by atoms with van der Waals surface area (Å²) in [5.74, 6) is 0.719. The van der Waals surface area contributed by atoms with Crippen molar-refractivity contribution in [2.45, 2.75) is 27.7 Å². The van der Waals surface area contributed by atoms with Crippen LogP contribution in [0.3, 0.4) is 0 Å². The molecule has 0 bridgehead atoms. The van der Waals surface area contributed by atoms with Crippen molar-refractivity contribution in [1.29, 1.82) is 5.26 Å². The van der Waals surface area contributed by atoms with Gasteiger partial charge in [0, 0.05) is 96.8 Å². The number of carbonyl (C=O) groups excluding carboxylic acids is 2. The van der Waals surface area contributed by atoms with E-state index in [1.165, 1.54) is 92.6 Å². The standard InChI is InChI=1S/C38H28N2S6.C12H8N2O4.CHNS.CNS.Ru/c1-21-5-9-31(41-21)27-19-35(45-37(27)33-11-7-23(3)43-33)25-13-15-39-29(17-25)30-18-26(14-16-40-30)36-20-28(32-10-6-22(2)42-32)38(46-36)34-12-8-24(4)44-34;15-7-17-9-1-3-13-11(5-9)12-6-10(18-8-16)2-4-14-12;2*2-1-3;/h5-20H,1-4H3;1-8H;3H;;/q;;;-1;+2/p-1. The Hall–Kier alpha value is -6.13. The second kappa shape index (κ2) is 26.4. The van der Waals surface area contributed by atoms with Gasteiger partial charge >= 0.3 is 19.5 Å². The van der Waals surface area contributed by atoms with Crippen molar-refractivity contribution in [1.82, 2.24) is 19.9 Å². The van der Waals surface area contributed by atoms with Crippen LogP contribution in [-0.4, -0.2) is 38.0 Å². The number of isothiocyanates is 1. The number of rotatable bonds is 12. The average Bonchev–Trinajstić information content (AvgIpc) is 4.24. The number of hydrogen-bond acceptors (Lipinski definition) is 17. The summed E-state index contributed by atoms with van der Waals surface area (Å²) in [5.41, 5.74) is 7.73. The summed E-state index contributed by atoms with van der Waals surface area (Å²) in [6, 6.07) is 37.4. The van der Waals surface area contributed by atoms with Crippen LogP contribution in [0.5, 0.6) is 11.5 Å². The third-order valence-electron chi connectivity index (χ3n) is 9.85. The molecule has 0 aliphatic carbocycles. The molecule has 0 saturated carbocycles. The monoisotopic (exact) mass is 1170 g/mol. The van der Waals surface area contributed by atoms with E-state index in [0.717, 1.165) is 22.5 Å². The first kappa shape index (κ1) is 54.2. The smallest absolute Gasteiger partial charge is 0.753 e. The molecule has 0 unspecified atom stereocenters. The Morgan fingerprint density at radius 3 is 1.13 bits per heavy atom. The van der Waals surface area contributed by atoms with Crippen molar-refractivity contribution in [3.8, 4) is 101 Å². The minimum atomic E-state index is 0. The Bertz CT molecular complexity index is 3150. The molecular weight excluding hydrogens is 1130 g/mol. The zero-order valence-electron chi connectivity index (χ0n) is 37.8. The zero-order chi connectivity index (χ0) is 49.6. The number of pyridine rings is 4. The van der Waals surface area contributed by atoms with E-state index in [9.17, 15) is 9.59 Å². The SMILES string of the molecule is Cc1ccc(-c2cc(-c3ccnc(-c4cc(-c5cc(-c6ccc(C)s6)c(-c6ccc(C)s6)s5)ccn4)c3)sc2-c2ccc(C)s2)s1.N#C[S-].O=COc1ccnc(-c2cc(OC=O)ccn2)c1.[N-]=C=S.[Ru+2]. The van der Waals surface area contributed by atoms with E-state index >= 15 is 0 Å². The molecule has 10 nitrogen and oxygen atoms in total. The number of thiophene rings is 6. The van der Waals surface area contributed by atoms with Crippen molar-refractivity contribution < 1.29 is 38.5 Å². The molecule has 0 radical (unpaired) electrons. The van der Waals surface area contributed by atoms with Crippen LogP contribution in [0.15, 0.2) is 134 Å². The van der Waals surface area contributed by atoms with Crippen molar-refractivity contribution in [2.24, 2.45) is 0 Å². The van der Waals surface area contributed by atoms with Crippen LogP contribution in [0.25, 0.3) is 89.5 Å². The maximum atomic E-state index is 10.2. The zero-order valence-corrected chi connectivity index (χ0v) is 46.1. The summed E-state index contributed by atoms with van der Waals surface area (Å²) < 4.78 is 9.42. The van der Waals surface area contributed by atoms with Crippen LogP contribution >= 0.6 is 80.2 Å². The molecule has 0 saturated heterocycles. The van der Waals surface area contributed by atoms with Gasteiger partial charge in [-0.25, -0.2) is 5.26 Å². The third-order valence-corrected chi connectivity index (χ3v) is 16.6. The fraction of sp³-hybridized carbons (Fsp3) is 0.0769. The minimum Gasteiger partial charge on any atom is -0.753 e. The second-order valence-electron chi connectivity index (χ2n) is 14.6. The van der Waals surface area contributed by atoms with Crippen LogP contribution in [-0.2, 0) is 41.7 Å². The van der Waals surface area contributed by atoms with Crippen LogP contribution < -0.4 is 9.47 Å². The van der Waals surface area contributed by atoms with Gasteiger partial charge in [-0.15, -0.1) is 68.0 Å². The fourth-order valence-electron chi connectivity index (χ4n) is 6.88. The molecule has 0 spiro atoms. The Morgan fingerprint density at radius 2 is 0.817 bits per heavy atom. The van der Waals surface area contributed by atoms with Gasteiger partial charge in [-0.1, -0.05) is 17.6 Å². The van der Waals surface area contributed by atoms with E-state index < -0.39 is 0 Å². The fourth-order valence-corrected chi connectivity index (χ4v) is 13.1. The average molecular weight is 1170 g/mol. The summed E-state index contributed by atoms with van der Waals surface area (Å²) in [7, 11) is 0. The van der Waals surface area contributed by atoms with Crippen molar-refractivity contribution in [3.63, 3.8) is 0 Å². The molecule has 0 fully saturated rings. The number of aryl methyl sites for hydroxylation is 4. The van der Waals surface area contributed by atoms with Crippen LogP contribution in [0.2, 0.25) is 0 Å². The number of ether oxygens (including phenoxy) is 2. The number of nitrogens with zero attached hydrogens (tertiary/aromatic N) is 6. The molecule has 19 heteroatoms. The van der Waals surface area contributed by atoms with Crippen LogP contribution in [0, 0.1) is 38.4 Å². The summed E-state index contributed by atoms with van der Waals surface area (Å²) in [5, 5.41) is 16.9. The maximum Gasteiger partial charge on any atom is 2.00 e. The Balaban J connectivity index is 0.000000275. The van der Waals surface area contributed by atoms with Gasteiger partial charge in [-0.05, 0) is 136 Å². The first-order valence-electron chi connectivity index (χ1n) is 20.7. The van der Waals surface area contributed by atoms with E-state index in [1.54, 1.807) is 24.3 Å². The molecule has 0 N–H and O–H groups in total. The first-order valence-corrected chi connectivity index (χ1v) is 26.4. The third kappa shape index (κ3) is 14.1. The van der Waals surface area contributed by atoms with Gasteiger partial charge in [-0.2, -0.15) is 5.16 Å². The Kier molecular flexibility index (Phi) is 20.1. The molecule has 0 aromatic carbocycles. The molecule has 10 aromatic heterocycles. The Labute approximate surface area is 458 Å². The van der Waals surface area contributed by atoms with E-state index in [2.05, 4.69) is 147 Å². The first-order chi connectivity index (χ1) is 34.0. The molecule has 0 atom stereocenters. The van der Waals surface area contributed by atoms with Crippen molar-refractivity contribution >= 4 is 111 Å². The van der Waals surface area contributed by atoms with E-state index in [1.807, 2.05) is 80.4 Å². The quantitative estimate of drug-likeness (QED) is 0.0287. The van der Waals surface area contributed by atoms with E-state index in [0.29, 0.717) is 35.8 Å². The molecule has 354 valence electrons. The molecule has 0 aliphatic heterocycles. The number of carbonyl (C=O) groups is 2. The number of aromatic nitrogens is 4. The number of nitriles is 1. The second-order valence-corrected chi connectivity index (χ2v) is 22.2. The summed E-state index contributed by atoms with van der Waals surface area (Å²) in [4.78, 5) is 54.0. The minimum absolute atomic E-state index is 0. The number of thiocyanates is 1. The van der Waals surface area contributed by atoms with E-state index in [4.69, 9.17) is 30.1 Å². The van der Waals surface area contributed by atoms with Gasteiger partial charge in [0.1, 0.15) is 11.5 Å². The van der Waals surface area contributed by atoms with E-state index in [-0.39, 0.29) is 19.5 Å². The maximum absolute atomic E-state index is 10.2. The summed E-state index contributed by atoms with van der Waals surface area (Å²) in [6.07, 6.45) is 6.82. The van der Waals surface area contributed by atoms with Crippen LogP contribution in [0.4, 0.5) is 0 Å². The van der Waals surface area contributed by atoms with Gasteiger partial charge in [-0.3, -0.25) is 29.5 Å². The summed E-state index contributed by atoms with van der Waals surface area (Å²) >= 11 is 18.6. The summed E-state index contributed by atoms with van der Waals surface area (Å²) in [6.45, 7) is 9.38. The topological polar surface area (TPSA) is 150 Å². The molecular formula is C52H36N6O4RuS8. The normalized spacial score (nSPS) is 10.1. The van der Waals surface area contributed by atoms with Gasteiger partial charge in [0.15, 0.2) is 0 Å². The predicted octanol–water partition coefficient (Wildman–Crippen LogP) is 15.6. The predicted molar refractivity (Wildman–Crippen MR) is 296 cm³/mol. The number of thiocarbonyl (C=S) groups is 1.